The first-order chi connectivity index (χ1) is 7.93. The van der Waals surface area contributed by atoms with E-state index >= 15 is 0 Å². The summed E-state index contributed by atoms with van der Waals surface area (Å²) in [4.78, 5) is 11.4. The van der Waals surface area contributed by atoms with Gasteiger partial charge >= 0.3 is 0 Å². The van der Waals surface area contributed by atoms with Crippen LogP contribution >= 0.6 is 0 Å². The Hall–Kier alpha value is -1.13. The van der Waals surface area contributed by atoms with Crippen LogP contribution < -0.4 is 5.32 Å². The first kappa shape index (κ1) is 15.9. The van der Waals surface area contributed by atoms with Crippen LogP contribution in [0.25, 0.3) is 0 Å². The Balaban J connectivity index is 4.88. The number of sulfonamides is 1. The smallest absolute Gasteiger partial charge is 0.235 e. The van der Waals surface area contributed by atoms with E-state index in [0.717, 1.165) is 4.31 Å². The Labute approximate surface area is 103 Å². The van der Waals surface area contributed by atoms with E-state index in [1.807, 2.05) is 0 Å². The predicted octanol–water partition coefficient (Wildman–Crippen LogP) is 0.0764. The molecule has 0 bridgehead atoms. The van der Waals surface area contributed by atoms with Gasteiger partial charge < -0.3 is 5.32 Å². The molecule has 0 heterocycles. The summed E-state index contributed by atoms with van der Waals surface area (Å²) in [5.74, 6) is -0.356. The van der Waals surface area contributed by atoms with E-state index in [-0.39, 0.29) is 25.4 Å². The maximum absolute atomic E-state index is 12.0. The van der Waals surface area contributed by atoms with Crippen molar-refractivity contribution in [2.24, 2.45) is 0 Å². The molecule has 0 aliphatic heterocycles. The second-order valence-corrected chi connectivity index (χ2v) is 5.57. The number of likely N-dealkylation sites (N-methyl/N-ethyl adjacent to an activating group) is 2. The van der Waals surface area contributed by atoms with Crippen LogP contribution in [-0.2, 0) is 14.8 Å². The lowest BCUT2D eigenvalue weighted by molar-refractivity contribution is -0.121. The number of amides is 1. The summed E-state index contributed by atoms with van der Waals surface area (Å²) < 4.78 is 25.0. The number of nitriles is 1. The summed E-state index contributed by atoms with van der Waals surface area (Å²) >= 11 is 0. The number of hydrogen-bond donors (Lipinski definition) is 1. The van der Waals surface area contributed by atoms with Crippen LogP contribution in [0.5, 0.6) is 0 Å². The number of nitrogens with one attached hydrogen (secondary N) is 1. The summed E-state index contributed by atoms with van der Waals surface area (Å²) in [6.45, 7) is 5.42. The SMILES string of the molecule is CCNC(=O)CN(CC)S(=O)(=O)C(C#N)CC. The zero-order valence-electron chi connectivity index (χ0n) is 10.4. The lowest BCUT2D eigenvalue weighted by atomic mass is 10.4. The third kappa shape index (κ3) is 4.32. The van der Waals surface area contributed by atoms with Gasteiger partial charge in [-0.25, -0.2) is 8.42 Å². The van der Waals surface area contributed by atoms with Crippen molar-refractivity contribution in [3.8, 4) is 6.07 Å². The van der Waals surface area contributed by atoms with Crippen molar-refractivity contribution in [1.29, 1.82) is 5.26 Å². The molecule has 7 heteroatoms. The summed E-state index contributed by atoms with van der Waals surface area (Å²) in [5.41, 5.74) is 0. The van der Waals surface area contributed by atoms with Crippen molar-refractivity contribution >= 4 is 15.9 Å². The maximum atomic E-state index is 12.0. The first-order valence-electron chi connectivity index (χ1n) is 5.59. The molecule has 0 saturated carbocycles. The van der Waals surface area contributed by atoms with Crippen LogP contribution in [0.3, 0.4) is 0 Å². The van der Waals surface area contributed by atoms with Crippen LogP contribution in [0.15, 0.2) is 0 Å². The number of rotatable bonds is 7. The van der Waals surface area contributed by atoms with Gasteiger partial charge in [-0.2, -0.15) is 9.57 Å². The Morgan fingerprint density at radius 3 is 2.35 bits per heavy atom. The van der Waals surface area contributed by atoms with Crippen LogP contribution in [0.1, 0.15) is 27.2 Å². The molecule has 0 aromatic carbocycles. The van der Waals surface area contributed by atoms with E-state index in [2.05, 4.69) is 5.32 Å². The minimum atomic E-state index is -3.72. The number of hydrogen-bond acceptors (Lipinski definition) is 4. The molecule has 1 atom stereocenters. The van der Waals surface area contributed by atoms with Gasteiger partial charge in [-0.05, 0) is 13.3 Å². The molecule has 98 valence electrons. The average molecular weight is 261 g/mol. The largest absolute Gasteiger partial charge is 0.355 e. The number of carbonyl (C=O) groups excluding carboxylic acids is 1. The quantitative estimate of drug-likeness (QED) is 0.702. The highest BCUT2D eigenvalue weighted by Crippen LogP contribution is 2.11. The molecule has 0 aromatic rings. The first-order valence-corrected chi connectivity index (χ1v) is 7.09. The molecular weight excluding hydrogens is 242 g/mol. The van der Waals surface area contributed by atoms with Gasteiger partial charge in [0.1, 0.15) is 0 Å². The zero-order valence-corrected chi connectivity index (χ0v) is 11.2. The third-order valence-electron chi connectivity index (χ3n) is 2.28. The molecule has 0 fully saturated rings. The van der Waals surface area contributed by atoms with E-state index in [0.29, 0.717) is 6.54 Å². The van der Waals surface area contributed by atoms with Gasteiger partial charge in [-0.3, -0.25) is 4.79 Å². The van der Waals surface area contributed by atoms with Gasteiger partial charge in [0.2, 0.25) is 15.9 Å². The topological polar surface area (TPSA) is 90.3 Å². The van der Waals surface area contributed by atoms with Gasteiger partial charge in [0.15, 0.2) is 5.25 Å². The Morgan fingerprint density at radius 2 is 2.00 bits per heavy atom. The molecule has 0 aliphatic carbocycles. The number of carbonyl (C=O) groups is 1. The second-order valence-electron chi connectivity index (χ2n) is 3.45. The summed E-state index contributed by atoms with van der Waals surface area (Å²) in [7, 11) is -3.72. The third-order valence-corrected chi connectivity index (χ3v) is 4.55. The molecule has 0 saturated heterocycles. The molecule has 0 spiro atoms. The van der Waals surface area contributed by atoms with Crippen molar-refractivity contribution in [3.63, 3.8) is 0 Å². The van der Waals surface area contributed by atoms with Crippen molar-refractivity contribution in [2.45, 2.75) is 32.4 Å². The highest BCUT2D eigenvalue weighted by atomic mass is 32.2. The fourth-order valence-electron chi connectivity index (χ4n) is 1.34. The second kappa shape index (κ2) is 7.25. The monoisotopic (exact) mass is 261 g/mol. The predicted molar refractivity (Wildman–Crippen MR) is 64.5 cm³/mol. The Kier molecular flexibility index (Phi) is 6.76. The van der Waals surface area contributed by atoms with E-state index in [4.69, 9.17) is 5.26 Å². The van der Waals surface area contributed by atoms with Gasteiger partial charge in [-0.1, -0.05) is 13.8 Å². The number of nitrogens with zero attached hydrogens (tertiary/aromatic N) is 2. The fourth-order valence-corrected chi connectivity index (χ4v) is 2.91. The molecular formula is C10H19N3O3S. The van der Waals surface area contributed by atoms with Crippen molar-refractivity contribution in [1.82, 2.24) is 9.62 Å². The molecule has 1 unspecified atom stereocenters. The lowest BCUT2D eigenvalue weighted by Gasteiger charge is -2.22. The van der Waals surface area contributed by atoms with Gasteiger partial charge in [0.25, 0.3) is 0 Å². The summed E-state index contributed by atoms with van der Waals surface area (Å²) in [6, 6.07) is 1.75. The molecule has 17 heavy (non-hydrogen) atoms. The summed E-state index contributed by atoms with van der Waals surface area (Å²) in [6.07, 6.45) is 0.213. The molecule has 1 amide bonds. The molecule has 0 aliphatic rings. The Bertz CT molecular complexity index is 386. The van der Waals surface area contributed by atoms with E-state index in [9.17, 15) is 13.2 Å². The van der Waals surface area contributed by atoms with Crippen LogP contribution in [0.2, 0.25) is 0 Å². The van der Waals surface area contributed by atoms with Gasteiger partial charge in [0.05, 0.1) is 12.6 Å². The zero-order chi connectivity index (χ0) is 13.5. The van der Waals surface area contributed by atoms with Gasteiger partial charge in [-0.15, -0.1) is 0 Å². The van der Waals surface area contributed by atoms with E-state index in [1.54, 1.807) is 26.8 Å². The Morgan fingerprint density at radius 1 is 1.41 bits per heavy atom. The average Bonchev–Trinajstić information content (AvgIpc) is 2.27. The maximum Gasteiger partial charge on any atom is 0.235 e. The molecule has 0 aromatic heterocycles. The minimum absolute atomic E-state index is 0.178. The fraction of sp³-hybridized carbons (Fsp3) is 0.800. The molecule has 0 radical (unpaired) electrons. The molecule has 1 N–H and O–H groups in total. The van der Waals surface area contributed by atoms with E-state index in [1.165, 1.54) is 0 Å². The van der Waals surface area contributed by atoms with Crippen LogP contribution in [0.4, 0.5) is 0 Å². The standard InChI is InChI=1S/C10H19N3O3S/c1-4-9(7-11)17(15,16)13(6-3)8-10(14)12-5-2/h9H,4-6,8H2,1-3H3,(H,12,14). The molecule has 0 rings (SSSR count). The van der Waals surface area contributed by atoms with Gasteiger partial charge in [0, 0.05) is 13.1 Å². The van der Waals surface area contributed by atoms with Crippen LogP contribution in [0, 0.1) is 11.3 Å². The molecule has 6 nitrogen and oxygen atoms in total. The normalized spacial score (nSPS) is 13.1. The highest BCUT2D eigenvalue weighted by Gasteiger charge is 2.30. The minimum Gasteiger partial charge on any atom is -0.355 e. The highest BCUT2D eigenvalue weighted by molar-refractivity contribution is 7.90. The van der Waals surface area contributed by atoms with Crippen molar-refractivity contribution in [3.05, 3.63) is 0 Å². The lowest BCUT2D eigenvalue weighted by Crippen LogP contribution is -2.44. The summed E-state index contributed by atoms with van der Waals surface area (Å²) in [5, 5.41) is 10.2. The van der Waals surface area contributed by atoms with Crippen molar-refractivity contribution < 1.29 is 13.2 Å². The van der Waals surface area contributed by atoms with Crippen LogP contribution in [-0.4, -0.2) is 43.5 Å². The van der Waals surface area contributed by atoms with Crippen molar-refractivity contribution in [2.75, 3.05) is 19.6 Å². The van der Waals surface area contributed by atoms with E-state index < -0.39 is 15.3 Å².